The van der Waals surface area contributed by atoms with Crippen LogP contribution in [-0.2, 0) is 4.79 Å². The first-order valence-electron chi connectivity index (χ1n) is 10.0. The number of nitrogens with zero attached hydrogens (tertiary/aromatic N) is 2. The monoisotopic (exact) mass is 481 g/mol. The van der Waals surface area contributed by atoms with Gasteiger partial charge in [-0.3, -0.25) is 9.69 Å². The topological polar surface area (TPSA) is 68.8 Å². The summed E-state index contributed by atoms with van der Waals surface area (Å²) in [6.07, 6.45) is 5.95. The predicted molar refractivity (Wildman–Crippen MR) is 121 cm³/mol. The van der Waals surface area contributed by atoms with Gasteiger partial charge in [0.1, 0.15) is 6.54 Å². The number of hydrogen-bond acceptors (Lipinski definition) is 3. The summed E-state index contributed by atoms with van der Waals surface area (Å²) in [5.74, 6) is 0.740. The Morgan fingerprint density at radius 2 is 1.69 bits per heavy atom. The summed E-state index contributed by atoms with van der Waals surface area (Å²) in [6.45, 7) is 13.6. The molecule has 1 saturated carbocycles. The first-order chi connectivity index (χ1) is 11.9. The maximum atomic E-state index is 12.1. The van der Waals surface area contributed by atoms with Gasteiger partial charge in [-0.25, -0.2) is 4.99 Å². The third-order valence-corrected chi connectivity index (χ3v) is 4.68. The molecule has 0 spiro atoms. The molecule has 1 fully saturated rings. The van der Waals surface area contributed by atoms with E-state index in [0.29, 0.717) is 24.1 Å². The molecular formula is C19H40IN5O. The number of guanidine groups is 1. The molecule has 0 atom stereocenters. The molecule has 1 aliphatic rings. The van der Waals surface area contributed by atoms with E-state index in [9.17, 15) is 4.79 Å². The van der Waals surface area contributed by atoms with Crippen LogP contribution >= 0.6 is 24.0 Å². The van der Waals surface area contributed by atoms with E-state index in [0.717, 1.165) is 32.5 Å². The molecule has 26 heavy (non-hydrogen) atoms. The molecule has 154 valence electrons. The highest BCUT2D eigenvalue weighted by Gasteiger charge is 2.15. The van der Waals surface area contributed by atoms with Crippen molar-refractivity contribution >= 4 is 35.8 Å². The molecule has 1 amide bonds. The fraction of sp³-hybridized carbons (Fsp3) is 0.895. The Bertz CT molecular complexity index is 401. The molecule has 0 bridgehead atoms. The van der Waals surface area contributed by atoms with E-state index in [1.165, 1.54) is 19.3 Å². The van der Waals surface area contributed by atoms with E-state index in [1.54, 1.807) is 0 Å². The highest BCUT2D eigenvalue weighted by atomic mass is 127. The third-order valence-electron chi connectivity index (χ3n) is 4.68. The second kappa shape index (κ2) is 14.5. The SMILES string of the molecule is CCNC(=NCC(=O)NC1CCCCC1)NCCN(C(C)C)C(C)C.I. The van der Waals surface area contributed by atoms with Gasteiger partial charge in [0, 0.05) is 37.8 Å². The zero-order chi connectivity index (χ0) is 18.7. The second-order valence-corrected chi connectivity index (χ2v) is 7.45. The van der Waals surface area contributed by atoms with Crippen molar-refractivity contribution in [1.29, 1.82) is 0 Å². The van der Waals surface area contributed by atoms with Gasteiger partial charge in [0.05, 0.1) is 0 Å². The van der Waals surface area contributed by atoms with Crippen molar-refractivity contribution in [3.05, 3.63) is 0 Å². The molecule has 0 saturated heterocycles. The average molecular weight is 481 g/mol. The number of nitrogens with one attached hydrogen (secondary N) is 3. The number of carbonyl (C=O) groups is 1. The van der Waals surface area contributed by atoms with Gasteiger partial charge in [-0.15, -0.1) is 24.0 Å². The van der Waals surface area contributed by atoms with Crippen LogP contribution in [0.3, 0.4) is 0 Å². The lowest BCUT2D eigenvalue weighted by atomic mass is 9.95. The first kappa shape index (κ1) is 25.4. The standard InChI is InChI=1S/C19H39N5O.HI/c1-6-20-19(21-12-13-24(15(2)3)16(4)5)22-14-18(25)23-17-10-8-7-9-11-17;/h15-17H,6-14H2,1-5H3,(H,23,25)(H2,20,21,22);1H. The number of carbonyl (C=O) groups excluding carboxylic acids is 1. The quantitative estimate of drug-likeness (QED) is 0.269. The molecule has 1 aliphatic carbocycles. The average Bonchev–Trinajstić information content (AvgIpc) is 2.56. The van der Waals surface area contributed by atoms with Crippen molar-refractivity contribution in [1.82, 2.24) is 20.9 Å². The van der Waals surface area contributed by atoms with Crippen molar-refractivity contribution < 1.29 is 4.79 Å². The van der Waals surface area contributed by atoms with E-state index in [2.05, 4.69) is 53.5 Å². The fourth-order valence-corrected chi connectivity index (χ4v) is 3.43. The van der Waals surface area contributed by atoms with Gasteiger partial charge < -0.3 is 16.0 Å². The summed E-state index contributed by atoms with van der Waals surface area (Å²) >= 11 is 0. The van der Waals surface area contributed by atoms with Crippen LogP contribution in [0.15, 0.2) is 4.99 Å². The largest absolute Gasteiger partial charge is 0.357 e. The molecule has 0 aromatic rings. The van der Waals surface area contributed by atoms with Crippen LogP contribution in [0.5, 0.6) is 0 Å². The van der Waals surface area contributed by atoms with E-state index >= 15 is 0 Å². The maximum Gasteiger partial charge on any atom is 0.242 e. The second-order valence-electron chi connectivity index (χ2n) is 7.45. The normalized spacial score (nSPS) is 15.9. The minimum Gasteiger partial charge on any atom is -0.357 e. The zero-order valence-corrected chi connectivity index (χ0v) is 19.6. The van der Waals surface area contributed by atoms with Gasteiger partial charge in [-0.1, -0.05) is 19.3 Å². The fourth-order valence-electron chi connectivity index (χ4n) is 3.43. The van der Waals surface area contributed by atoms with Crippen molar-refractivity contribution in [3.8, 4) is 0 Å². The van der Waals surface area contributed by atoms with Crippen LogP contribution in [-0.4, -0.2) is 61.1 Å². The molecule has 7 heteroatoms. The molecule has 0 unspecified atom stereocenters. The highest BCUT2D eigenvalue weighted by Crippen LogP contribution is 2.17. The maximum absolute atomic E-state index is 12.1. The number of halogens is 1. The number of amides is 1. The van der Waals surface area contributed by atoms with Crippen LogP contribution in [0.25, 0.3) is 0 Å². The zero-order valence-electron chi connectivity index (χ0n) is 17.3. The Morgan fingerprint density at radius 3 is 2.23 bits per heavy atom. The Labute approximate surface area is 177 Å². The third kappa shape index (κ3) is 10.5. The van der Waals surface area contributed by atoms with Crippen LogP contribution < -0.4 is 16.0 Å². The van der Waals surface area contributed by atoms with Gasteiger partial charge in [0.2, 0.25) is 5.91 Å². The van der Waals surface area contributed by atoms with Gasteiger partial charge in [0.15, 0.2) is 5.96 Å². The minimum absolute atomic E-state index is 0. The van der Waals surface area contributed by atoms with Crippen molar-refractivity contribution in [3.63, 3.8) is 0 Å². The highest BCUT2D eigenvalue weighted by molar-refractivity contribution is 14.0. The summed E-state index contributed by atoms with van der Waals surface area (Å²) in [4.78, 5) is 19.0. The smallest absolute Gasteiger partial charge is 0.242 e. The molecule has 0 aromatic heterocycles. The van der Waals surface area contributed by atoms with Gasteiger partial charge in [-0.05, 0) is 47.5 Å². The molecular weight excluding hydrogens is 441 g/mol. The van der Waals surface area contributed by atoms with Crippen LogP contribution in [0, 0.1) is 0 Å². The number of aliphatic imine (C=N–C) groups is 1. The van der Waals surface area contributed by atoms with Gasteiger partial charge in [0.25, 0.3) is 0 Å². The first-order valence-corrected chi connectivity index (χ1v) is 10.0. The molecule has 3 N–H and O–H groups in total. The number of rotatable bonds is 9. The predicted octanol–water partition coefficient (Wildman–Crippen LogP) is 2.73. The van der Waals surface area contributed by atoms with Gasteiger partial charge >= 0.3 is 0 Å². The van der Waals surface area contributed by atoms with Crippen LogP contribution in [0.4, 0.5) is 0 Å². The minimum atomic E-state index is 0. The van der Waals surface area contributed by atoms with Crippen molar-refractivity contribution in [2.45, 2.75) is 84.8 Å². The van der Waals surface area contributed by atoms with Crippen LogP contribution in [0.2, 0.25) is 0 Å². The summed E-state index contributed by atoms with van der Waals surface area (Å²) in [5, 5.41) is 9.66. The Balaban J connectivity index is 0.00000625. The Hall–Kier alpha value is -0.570. The summed E-state index contributed by atoms with van der Waals surface area (Å²) in [7, 11) is 0. The van der Waals surface area contributed by atoms with Gasteiger partial charge in [-0.2, -0.15) is 0 Å². The number of hydrogen-bond donors (Lipinski definition) is 3. The molecule has 0 aliphatic heterocycles. The lowest BCUT2D eigenvalue weighted by molar-refractivity contribution is -0.120. The van der Waals surface area contributed by atoms with Crippen LogP contribution in [0.1, 0.15) is 66.7 Å². The molecule has 1 rings (SSSR count). The van der Waals surface area contributed by atoms with Crippen molar-refractivity contribution in [2.24, 2.45) is 4.99 Å². The summed E-state index contributed by atoms with van der Waals surface area (Å²) in [6, 6.07) is 1.38. The molecule has 0 aromatic carbocycles. The molecule has 0 heterocycles. The van der Waals surface area contributed by atoms with E-state index in [1.807, 2.05) is 6.92 Å². The summed E-state index contributed by atoms with van der Waals surface area (Å²) in [5.41, 5.74) is 0. The Kier molecular flexibility index (Phi) is 14.2. The van der Waals surface area contributed by atoms with E-state index in [-0.39, 0.29) is 36.4 Å². The van der Waals surface area contributed by atoms with E-state index in [4.69, 9.17) is 0 Å². The lowest BCUT2D eigenvalue weighted by Gasteiger charge is -2.30. The Morgan fingerprint density at radius 1 is 1.08 bits per heavy atom. The van der Waals surface area contributed by atoms with Crippen molar-refractivity contribution in [2.75, 3.05) is 26.2 Å². The molecule has 6 nitrogen and oxygen atoms in total. The lowest BCUT2D eigenvalue weighted by Crippen LogP contribution is -2.45. The van der Waals surface area contributed by atoms with E-state index < -0.39 is 0 Å². The summed E-state index contributed by atoms with van der Waals surface area (Å²) < 4.78 is 0. The molecule has 0 radical (unpaired) electrons.